The van der Waals surface area contributed by atoms with Crippen LogP contribution in [-0.2, 0) is 0 Å². The highest BCUT2D eigenvalue weighted by molar-refractivity contribution is 9.10. The Morgan fingerprint density at radius 3 is 2.61 bits per heavy atom. The summed E-state index contributed by atoms with van der Waals surface area (Å²) in [6.45, 7) is 4.05. The third-order valence-electron chi connectivity index (χ3n) is 3.06. The maximum absolute atomic E-state index is 4.57. The minimum atomic E-state index is 0.985. The van der Waals surface area contributed by atoms with Crippen molar-refractivity contribution >= 4 is 26.8 Å². The van der Waals surface area contributed by atoms with Crippen LogP contribution in [0.25, 0.3) is 16.6 Å². The largest absolute Gasteiger partial charge is 0.256 e. The van der Waals surface area contributed by atoms with E-state index in [0.29, 0.717) is 0 Å². The summed E-state index contributed by atoms with van der Waals surface area (Å²) >= 11 is 3.56. The van der Waals surface area contributed by atoms with Crippen molar-refractivity contribution in [2.75, 3.05) is 0 Å². The predicted molar refractivity (Wildman–Crippen MR) is 76.0 cm³/mol. The number of aryl methyl sites for hydroxylation is 1. The van der Waals surface area contributed by atoms with E-state index in [4.69, 9.17) is 0 Å². The standard InChI is InChI=1S/C14H12BrN3/c1-9-14(15)10(2)18(17-9)13-7-8-16-12-6-4-3-5-11(12)13/h3-8H,1-2H3. The molecule has 3 aromatic rings. The first-order valence-corrected chi connectivity index (χ1v) is 6.53. The number of rotatable bonds is 1. The van der Waals surface area contributed by atoms with Gasteiger partial charge in [0.25, 0.3) is 0 Å². The normalized spacial score (nSPS) is 11.1. The zero-order valence-corrected chi connectivity index (χ0v) is 11.8. The van der Waals surface area contributed by atoms with E-state index < -0.39 is 0 Å². The molecule has 0 aliphatic carbocycles. The van der Waals surface area contributed by atoms with E-state index in [-0.39, 0.29) is 0 Å². The summed E-state index contributed by atoms with van der Waals surface area (Å²) in [6.07, 6.45) is 1.82. The monoisotopic (exact) mass is 301 g/mol. The second kappa shape index (κ2) is 4.21. The van der Waals surface area contributed by atoms with Crippen molar-refractivity contribution in [1.29, 1.82) is 0 Å². The van der Waals surface area contributed by atoms with Crippen molar-refractivity contribution in [2.24, 2.45) is 0 Å². The summed E-state index contributed by atoms with van der Waals surface area (Å²) in [5.74, 6) is 0. The molecule has 0 unspecified atom stereocenters. The Balaban J connectivity index is 2.35. The molecule has 18 heavy (non-hydrogen) atoms. The van der Waals surface area contributed by atoms with Gasteiger partial charge in [0.1, 0.15) is 0 Å². The lowest BCUT2D eigenvalue weighted by Gasteiger charge is -2.07. The van der Waals surface area contributed by atoms with Gasteiger partial charge < -0.3 is 0 Å². The van der Waals surface area contributed by atoms with Gasteiger partial charge in [-0.05, 0) is 41.9 Å². The molecule has 1 aromatic carbocycles. The molecule has 0 saturated heterocycles. The van der Waals surface area contributed by atoms with E-state index in [1.807, 2.05) is 42.1 Å². The molecule has 3 nitrogen and oxygen atoms in total. The predicted octanol–water partition coefficient (Wildman–Crippen LogP) is 3.80. The van der Waals surface area contributed by atoms with Crippen LogP contribution < -0.4 is 0 Å². The van der Waals surface area contributed by atoms with E-state index in [1.165, 1.54) is 0 Å². The second-order valence-electron chi connectivity index (χ2n) is 4.24. The van der Waals surface area contributed by atoms with E-state index in [1.54, 1.807) is 0 Å². The fourth-order valence-corrected chi connectivity index (χ4v) is 2.37. The Labute approximate surface area is 114 Å². The SMILES string of the molecule is Cc1nn(-c2ccnc3ccccc23)c(C)c1Br. The van der Waals surface area contributed by atoms with E-state index in [0.717, 1.165) is 32.5 Å². The summed E-state index contributed by atoms with van der Waals surface area (Å²) in [5, 5.41) is 5.68. The molecule has 0 radical (unpaired) electrons. The van der Waals surface area contributed by atoms with Crippen molar-refractivity contribution in [3.05, 3.63) is 52.4 Å². The Kier molecular flexibility index (Phi) is 2.67. The van der Waals surface area contributed by atoms with Crippen LogP contribution in [0.15, 0.2) is 41.0 Å². The molecule has 90 valence electrons. The smallest absolute Gasteiger partial charge is 0.0758 e. The van der Waals surface area contributed by atoms with Crippen molar-refractivity contribution in [1.82, 2.24) is 14.8 Å². The maximum atomic E-state index is 4.57. The van der Waals surface area contributed by atoms with Gasteiger partial charge in [0.15, 0.2) is 0 Å². The molecule has 0 atom stereocenters. The highest BCUT2D eigenvalue weighted by atomic mass is 79.9. The van der Waals surface area contributed by atoms with Crippen LogP contribution in [0.1, 0.15) is 11.4 Å². The molecule has 0 spiro atoms. The lowest BCUT2D eigenvalue weighted by atomic mass is 10.2. The number of hydrogen-bond donors (Lipinski definition) is 0. The van der Waals surface area contributed by atoms with Crippen molar-refractivity contribution in [3.63, 3.8) is 0 Å². The topological polar surface area (TPSA) is 30.7 Å². The van der Waals surface area contributed by atoms with Crippen molar-refractivity contribution < 1.29 is 0 Å². The summed E-state index contributed by atoms with van der Waals surface area (Å²) in [7, 11) is 0. The Morgan fingerprint density at radius 2 is 1.89 bits per heavy atom. The number of para-hydroxylation sites is 1. The molecule has 0 aliphatic rings. The average Bonchev–Trinajstić information content (AvgIpc) is 2.66. The minimum Gasteiger partial charge on any atom is -0.256 e. The van der Waals surface area contributed by atoms with Gasteiger partial charge in [0.05, 0.1) is 27.1 Å². The van der Waals surface area contributed by atoms with E-state index in [2.05, 4.69) is 39.0 Å². The van der Waals surface area contributed by atoms with Crippen LogP contribution in [0.2, 0.25) is 0 Å². The maximum Gasteiger partial charge on any atom is 0.0758 e. The van der Waals surface area contributed by atoms with Gasteiger partial charge in [-0.1, -0.05) is 18.2 Å². The Bertz CT molecular complexity index is 726. The second-order valence-corrected chi connectivity index (χ2v) is 5.04. The summed E-state index contributed by atoms with van der Waals surface area (Å²) in [5.41, 5.74) is 4.14. The molecule has 2 heterocycles. The van der Waals surface area contributed by atoms with Crippen LogP contribution in [0, 0.1) is 13.8 Å². The molecular weight excluding hydrogens is 290 g/mol. The van der Waals surface area contributed by atoms with Crippen LogP contribution in [0.5, 0.6) is 0 Å². The van der Waals surface area contributed by atoms with Gasteiger partial charge in [-0.25, -0.2) is 4.68 Å². The quantitative estimate of drug-likeness (QED) is 0.684. The number of fused-ring (bicyclic) bond motifs is 1. The first-order valence-electron chi connectivity index (χ1n) is 5.74. The molecule has 0 aliphatic heterocycles. The van der Waals surface area contributed by atoms with E-state index in [9.17, 15) is 0 Å². The number of aromatic nitrogens is 3. The Morgan fingerprint density at radius 1 is 1.11 bits per heavy atom. The molecule has 0 amide bonds. The van der Waals surface area contributed by atoms with Gasteiger partial charge >= 0.3 is 0 Å². The first kappa shape index (κ1) is 11.4. The van der Waals surface area contributed by atoms with Gasteiger partial charge in [-0.2, -0.15) is 5.10 Å². The highest BCUT2D eigenvalue weighted by Gasteiger charge is 2.12. The zero-order valence-electron chi connectivity index (χ0n) is 10.2. The fourth-order valence-electron chi connectivity index (χ4n) is 2.12. The molecular formula is C14H12BrN3. The highest BCUT2D eigenvalue weighted by Crippen LogP contribution is 2.26. The van der Waals surface area contributed by atoms with Crippen LogP contribution >= 0.6 is 15.9 Å². The van der Waals surface area contributed by atoms with Gasteiger partial charge in [0.2, 0.25) is 0 Å². The molecule has 2 aromatic heterocycles. The number of hydrogen-bond acceptors (Lipinski definition) is 2. The fraction of sp³-hybridized carbons (Fsp3) is 0.143. The van der Waals surface area contributed by atoms with Crippen LogP contribution in [-0.4, -0.2) is 14.8 Å². The molecule has 0 bridgehead atoms. The van der Waals surface area contributed by atoms with Gasteiger partial charge in [-0.3, -0.25) is 4.98 Å². The van der Waals surface area contributed by atoms with Gasteiger partial charge in [0, 0.05) is 11.6 Å². The van der Waals surface area contributed by atoms with Crippen LogP contribution in [0.4, 0.5) is 0 Å². The Hall–Kier alpha value is -1.68. The molecule has 0 N–H and O–H groups in total. The average molecular weight is 302 g/mol. The zero-order chi connectivity index (χ0) is 12.7. The summed E-state index contributed by atoms with van der Waals surface area (Å²) in [6, 6.07) is 10.1. The van der Waals surface area contributed by atoms with Crippen molar-refractivity contribution in [3.8, 4) is 5.69 Å². The van der Waals surface area contributed by atoms with E-state index >= 15 is 0 Å². The lowest BCUT2D eigenvalue weighted by Crippen LogP contribution is -2.00. The number of benzene rings is 1. The lowest BCUT2D eigenvalue weighted by molar-refractivity contribution is 0.838. The third kappa shape index (κ3) is 1.64. The number of halogens is 1. The van der Waals surface area contributed by atoms with Gasteiger partial charge in [-0.15, -0.1) is 0 Å². The van der Waals surface area contributed by atoms with Crippen molar-refractivity contribution in [2.45, 2.75) is 13.8 Å². The number of nitrogens with zero attached hydrogens (tertiary/aromatic N) is 3. The molecule has 0 fully saturated rings. The molecule has 0 saturated carbocycles. The summed E-state index contributed by atoms with van der Waals surface area (Å²) < 4.78 is 3.02. The first-order chi connectivity index (χ1) is 8.68. The molecule has 4 heteroatoms. The molecule has 3 rings (SSSR count). The minimum absolute atomic E-state index is 0.985. The summed E-state index contributed by atoms with van der Waals surface area (Å²) in [4.78, 5) is 4.37. The van der Waals surface area contributed by atoms with Crippen LogP contribution in [0.3, 0.4) is 0 Å². The number of pyridine rings is 1. The third-order valence-corrected chi connectivity index (χ3v) is 4.20.